The predicted molar refractivity (Wildman–Crippen MR) is 135 cm³/mol. The summed E-state index contributed by atoms with van der Waals surface area (Å²) in [4.78, 5) is 30.9. The van der Waals surface area contributed by atoms with Crippen molar-refractivity contribution in [1.82, 2.24) is 14.9 Å². The highest BCUT2D eigenvalue weighted by Gasteiger charge is 2.35. The first kappa shape index (κ1) is 24.1. The molecule has 0 saturated carbocycles. The minimum atomic E-state index is -0.468. The predicted octanol–water partition coefficient (Wildman–Crippen LogP) is 2.82. The number of fused-ring (bicyclic) bond motifs is 4. The molecule has 1 atom stereocenters. The second-order valence-electron chi connectivity index (χ2n) is 9.36. The number of amides is 1. The van der Waals surface area contributed by atoms with Crippen LogP contribution in [0.5, 0.6) is 0 Å². The van der Waals surface area contributed by atoms with Gasteiger partial charge in [0, 0.05) is 29.0 Å². The zero-order valence-electron chi connectivity index (χ0n) is 20.4. The van der Waals surface area contributed by atoms with Gasteiger partial charge in [-0.05, 0) is 55.5 Å². The van der Waals surface area contributed by atoms with E-state index in [0.29, 0.717) is 60.3 Å². The first-order valence-corrected chi connectivity index (χ1v) is 12.1. The van der Waals surface area contributed by atoms with E-state index in [2.05, 4.69) is 11.9 Å². The average molecular weight is 493 g/mol. The minimum Gasteiger partial charge on any atom is -0.497 e. The summed E-state index contributed by atoms with van der Waals surface area (Å²) < 4.78 is 21.7. The van der Waals surface area contributed by atoms with Gasteiger partial charge in [-0.2, -0.15) is 0 Å². The van der Waals surface area contributed by atoms with Crippen LogP contribution in [0.25, 0.3) is 28.0 Å². The molecule has 0 radical (unpaired) electrons. The van der Waals surface area contributed by atoms with Gasteiger partial charge in [0.05, 0.1) is 48.8 Å². The summed E-state index contributed by atoms with van der Waals surface area (Å²) in [6, 6.07) is 2.86. The summed E-state index contributed by atoms with van der Waals surface area (Å²) in [5, 5.41) is 13.9. The van der Waals surface area contributed by atoms with Crippen LogP contribution in [0.3, 0.4) is 0 Å². The first-order chi connectivity index (χ1) is 17.3. The summed E-state index contributed by atoms with van der Waals surface area (Å²) in [6.45, 7) is 5.81. The lowest BCUT2D eigenvalue weighted by Crippen LogP contribution is -2.32. The number of pyridine rings is 2. The highest BCUT2D eigenvalue weighted by molar-refractivity contribution is 5.93. The van der Waals surface area contributed by atoms with Crippen LogP contribution in [-0.2, 0) is 29.1 Å². The third-order valence-electron chi connectivity index (χ3n) is 7.38. The van der Waals surface area contributed by atoms with Crippen LogP contribution in [0.15, 0.2) is 23.5 Å². The van der Waals surface area contributed by atoms with Crippen molar-refractivity contribution in [3.8, 4) is 11.4 Å². The summed E-state index contributed by atoms with van der Waals surface area (Å²) in [6.07, 6.45) is 2.12. The number of carbonyl (C=O) groups is 1. The molecule has 0 saturated heterocycles. The number of nitrogens with two attached hydrogens (primary N) is 1. The molecule has 4 N–H and O–H groups in total. The van der Waals surface area contributed by atoms with Gasteiger partial charge in [-0.15, -0.1) is 0 Å². The molecule has 1 aromatic carbocycles. The smallest absolute Gasteiger partial charge is 0.257 e. The molecular formula is C27H29FN4O4. The Bertz CT molecular complexity index is 1490. The largest absolute Gasteiger partial charge is 0.497 e. The van der Waals surface area contributed by atoms with Gasteiger partial charge < -0.3 is 25.5 Å². The van der Waals surface area contributed by atoms with Crippen molar-refractivity contribution in [3.63, 3.8) is 0 Å². The normalized spacial score (nSPS) is 15.5. The van der Waals surface area contributed by atoms with Crippen molar-refractivity contribution < 1.29 is 19.0 Å². The number of carbonyl (C=O) groups excluding carboxylic acids is 1. The summed E-state index contributed by atoms with van der Waals surface area (Å²) in [5.74, 6) is -0.176. The SMILES string of the molecule is C=C(OC)c1cc2n(c(=O)c1CO)Cc1c-2nc2cc(F)c(C)c3c2c1[C@@H](NC(=O)CCCN)CC3. The Balaban J connectivity index is 1.77. The van der Waals surface area contributed by atoms with E-state index in [0.717, 1.165) is 22.1 Å². The Morgan fingerprint density at radius 1 is 1.39 bits per heavy atom. The highest BCUT2D eigenvalue weighted by Crippen LogP contribution is 2.45. The van der Waals surface area contributed by atoms with E-state index in [4.69, 9.17) is 15.5 Å². The Morgan fingerprint density at radius 2 is 2.17 bits per heavy atom. The molecule has 1 aliphatic heterocycles. The van der Waals surface area contributed by atoms with Crippen molar-refractivity contribution in [2.45, 2.75) is 51.8 Å². The van der Waals surface area contributed by atoms with Crippen molar-refractivity contribution in [3.05, 3.63) is 68.3 Å². The van der Waals surface area contributed by atoms with Crippen LogP contribution >= 0.6 is 0 Å². The molecule has 36 heavy (non-hydrogen) atoms. The number of halogens is 1. The maximum absolute atomic E-state index is 14.9. The number of aromatic nitrogens is 2. The standard InChI is InChI=1S/C27H29FN4O4/c1-13-15-6-7-20(30-23(34)5-4-8-29)25-17-11-32-22(26(17)31-21(24(15)25)10-19(13)28)9-16(14(2)36-3)18(12-33)27(32)35/h9-10,20,33H,2,4-8,11-12,29H2,1,3H3,(H,30,34)/t20-/m0/s1. The number of aliphatic hydroxyl groups excluding tert-OH is 1. The highest BCUT2D eigenvalue weighted by atomic mass is 19.1. The molecule has 5 rings (SSSR count). The van der Waals surface area contributed by atoms with Crippen LogP contribution in [0.2, 0.25) is 0 Å². The monoisotopic (exact) mass is 492 g/mol. The topological polar surface area (TPSA) is 119 Å². The number of aliphatic hydroxyl groups is 1. The fraction of sp³-hybridized carbons (Fsp3) is 0.370. The second kappa shape index (κ2) is 9.15. The lowest BCUT2D eigenvalue weighted by molar-refractivity contribution is -0.122. The molecule has 3 heterocycles. The fourth-order valence-corrected chi connectivity index (χ4v) is 5.53. The molecule has 2 aliphatic rings. The van der Waals surface area contributed by atoms with Crippen molar-refractivity contribution in [1.29, 1.82) is 0 Å². The molecule has 0 unspecified atom stereocenters. The molecule has 1 aliphatic carbocycles. The van der Waals surface area contributed by atoms with Crippen LogP contribution in [-0.4, -0.2) is 34.2 Å². The maximum Gasteiger partial charge on any atom is 0.257 e. The molecular weight excluding hydrogens is 463 g/mol. The number of methoxy groups -OCH3 is 1. The number of rotatable bonds is 7. The quantitative estimate of drug-likeness (QED) is 0.341. The molecule has 9 heteroatoms. The second-order valence-corrected chi connectivity index (χ2v) is 9.36. The van der Waals surface area contributed by atoms with E-state index in [1.165, 1.54) is 13.2 Å². The molecule has 8 nitrogen and oxygen atoms in total. The zero-order valence-corrected chi connectivity index (χ0v) is 20.4. The number of nitrogens with zero attached hydrogens (tertiary/aromatic N) is 2. The average Bonchev–Trinajstić information content (AvgIpc) is 3.24. The van der Waals surface area contributed by atoms with Gasteiger partial charge in [0.2, 0.25) is 5.91 Å². The Labute approximate surface area is 207 Å². The summed E-state index contributed by atoms with van der Waals surface area (Å²) in [7, 11) is 1.45. The molecule has 188 valence electrons. The summed E-state index contributed by atoms with van der Waals surface area (Å²) in [5.41, 5.74) is 10.6. The van der Waals surface area contributed by atoms with E-state index in [1.54, 1.807) is 17.6 Å². The van der Waals surface area contributed by atoms with Crippen LogP contribution in [0.1, 0.15) is 58.7 Å². The van der Waals surface area contributed by atoms with Gasteiger partial charge in [-0.25, -0.2) is 9.37 Å². The lowest BCUT2D eigenvalue weighted by atomic mass is 9.81. The first-order valence-electron chi connectivity index (χ1n) is 12.1. The van der Waals surface area contributed by atoms with E-state index < -0.39 is 6.61 Å². The van der Waals surface area contributed by atoms with Crippen LogP contribution in [0, 0.1) is 12.7 Å². The van der Waals surface area contributed by atoms with E-state index in [9.17, 15) is 19.1 Å². The Hall–Kier alpha value is -3.56. The van der Waals surface area contributed by atoms with Gasteiger partial charge in [-0.1, -0.05) is 6.58 Å². The van der Waals surface area contributed by atoms with Gasteiger partial charge >= 0.3 is 0 Å². The van der Waals surface area contributed by atoms with E-state index >= 15 is 0 Å². The van der Waals surface area contributed by atoms with Crippen LogP contribution in [0.4, 0.5) is 4.39 Å². The third-order valence-corrected chi connectivity index (χ3v) is 7.38. The van der Waals surface area contributed by atoms with E-state index in [1.807, 2.05) is 0 Å². The summed E-state index contributed by atoms with van der Waals surface area (Å²) >= 11 is 0. The molecule has 0 spiro atoms. The van der Waals surface area contributed by atoms with Crippen molar-refractivity contribution in [2.75, 3.05) is 13.7 Å². The number of hydrogen-bond acceptors (Lipinski definition) is 6. The number of aryl methyl sites for hydroxylation is 1. The number of nitrogens with one attached hydrogen (secondary N) is 1. The van der Waals surface area contributed by atoms with Gasteiger partial charge in [-0.3, -0.25) is 9.59 Å². The van der Waals surface area contributed by atoms with Crippen LogP contribution < -0.4 is 16.6 Å². The fourth-order valence-electron chi connectivity index (χ4n) is 5.53. The molecule has 0 bridgehead atoms. The van der Waals surface area contributed by atoms with Gasteiger partial charge in [0.1, 0.15) is 11.6 Å². The van der Waals surface area contributed by atoms with Gasteiger partial charge in [0.25, 0.3) is 5.56 Å². The Kier molecular flexibility index (Phi) is 6.13. The van der Waals surface area contributed by atoms with E-state index in [-0.39, 0.29) is 41.2 Å². The van der Waals surface area contributed by atoms with Crippen molar-refractivity contribution >= 4 is 22.6 Å². The minimum absolute atomic E-state index is 0.0969. The van der Waals surface area contributed by atoms with Crippen molar-refractivity contribution in [2.24, 2.45) is 5.73 Å². The lowest BCUT2D eigenvalue weighted by Gasteiger charge is -2.29. The molecule has 0 fully saturated rings. The maximum atomic E-state index is 14.9. The number of hydrogen-bond donors (Lipinski definition) is 3. The molecule has 2 aromatic heterocycles. The number of benzene rings is 1. The van der Waals surface area contributed by atoms with Gasteiger partial charge in [0.15, 0.2) is 0 Å². The Morgan fingerprint density at radius 3 is 2.86 bits per heavy atom. The molecule has 1 amide bonds. The molecule has 3 aromatic rings. The third kappa shape index (κ3) is 3.61. The zero-order chi connectivity index (χ0) is 25.7. The number of ether oxygens (including phenoxy) is 1.